The molecule has 0 aromatic carbocycles. The van der Waals surface area contributed by atoms with E-state index in [0.29, 0.717) is 6.54 Å². The number of hydrogen-bond acceptors (Lipinski definition) is 4. The molecule has 2 amide bonds. The zero-order valence-corrected chi connectivity index (χ0v) is 13.0. The van der Waals surface area contributed by atoms with Crippen molar-refractivity contribution in [2.45, 2.75) is 45.3 Å². The lowest BCUT2D eigenvalue weighted by Crippen LogP contribution is -2.50. The molecule has 1 aliphatic rings. The minimum absolute atomic E-state index is 0.0487. The van der Waals surface area contributed by atoms with Gasteiger partial charge in [-0.05, 0) is 30.9 Å². The van der Waals surface area contributed by atoms with Gasteiger partial charge in [0, 0.05) is 12.5 Å². The summed E-state index contributed by atoms with van der Waals surface area (Å²) in [4.78, 5) is 24.3. The molecule has 1 aromatic rings. The molecule has 1 heterocycles. The van der Waals surface area contributed by atoms with Crippen LogP contribution in [0.3, 0.4) is 0 Å². The lowest BCUT2D eigenvalue weighted by molar-refractivity contribution is -0.124. The van der Waals surface area contributed by atoms with Crippen molar-refractivity contribution in [3.8, 4) is 0 Å². The number of nitrogens with one attached hydrogen (secondary N) is 2. The van der Waals surface area contributed by atoms with E-state index in [1.165, 1.54) is 6.26 Å². The number of furan rings is 1. The molecule has 1 aromatic heterocycles. The molecule has 0 aliphatic heterocycles. The first-order valence-electron chi connectivity index (χ1n) is 7.79. The van der Waals surface area contributed by atoms with Gasteiger partial charge in [-0.25, -0.2) is 0 Å². The second-order valence-electron chi connectivity index (χ2n) is 6.18. The summed E-state index contributed by atoms with van der Waals surface area (Å²) in [5.41, 5.74) is 0. The molecule has 1 fully saturated rings. The molecular weight excluding hydrogens is 284 g/mol. The van der Waals surface area contributed by atoms with Gasteiger partial charge < -0.3 is 20.2 Å². The quantitative estimate of drug-likeness (QED) is 0.739. The average molecular weight is 308 g/mol. The van der Waals surface area contributed by atoms with E-state index in [9.17, 15) is 14.7 Å². The minimum atomic E-state index is -0.629. The van der Waals surface area contributed by atoms with Crippen molar-refractivity contribution in [3.63, 3.8) is 0 Å². The molecule has 22 heavy (non-hydrogen) atoms. The Balaban J connectivity index is 1.89. The van der Waals surface area contributed by atoms with E-state index in [0.717, 1.165) is 19.3 Å². The van der Waals surface area contributed by atoms with Gasteiger partial charge in [-0.15, -0.1) is 0 Å². The van der Waals surface area contributed by atoms with Gasteiger partial charge in [-0.1, -0.05) is 20.3 Å². The Hall–Kier alpha value is -1.82. The van der Waals surface area contributed by atoms with Gasteiger partial charge in [-0.3, -0.25) is 9.59 Å². The highest BCUT2D eigenvalue weighted by Crippen LogP contribution is 2.24. The predicted molar refractivity (Wildman–Crippen MR) is 81.2 cm³/mol. The number of hydrogen-bond donors (Lipinski definition) is 3. The third-order valence-corrected chi connectivity index (χ3v) is 4.14. The molecule has 1 saturated carbocycles. The highest BCUT2D eigenvalue weighted by atomic mass is 16.3. The summed E-state index contributed by atoms with van der Waals surface area (Å²) in [5.74, 6) is -0.386. The fourth-order valence-corrected chi connectivity index (χ4v) is 2.75. The molecule has 3 atom stereocenters. The largest absolute Gasteiger partial charge is 0.459 e. The van der Waals surface area contributed by atoms with Gasteiger partial charge in [0.2, 0.25) is 5.91 Å². The Morgan fingerprint density at radius 1 is 1.41 bits per heavy atom. The predicted octanol–water partition coefficient (Wildman–Crippen LogP) is 1.31. The maximum absolute atomic E-state index is 12.3. The van der Waals surface area contributed by atoms with Gasteiger partial charge in [0.05, 0.1) is 12.4 Å². The first-order valence-corrected chi connectivity index (χ1v) is 7.79. The smallest absolute Gasteiger partial charge is 0.287 e. The summed E-state index contributed by atoms with van der Waals surface area (Å²) >= 11 is 0. The van der Waals surface area contributed by atoms with Gasteiger partial charge >= 0.3 is 0 Å². The average Bonchev–Trinajstić information content (AvgIpc) is 3.13. The van der Waals surface area contributed by atoms with E-state index in [-0.39, 0.29) is 29.6 Å². The number of carbonyl (C=O) groups excluding carboxylic acids is 2. The monoisotopic (exact) mass is 308 g/mol. The van der Waals surface area contributed by atoms with Crippen molar-refractivity contribution in [2.75, 3.05) is 6.54 Å². The van der Waals surface area contributed by atoms with Crippen LogP contribution in [0.15, 0.2) is 22.8 Å². The summed E-state index contributed by atoms with van der Waals surface area (Å²) in [6.07, 6.45) is 3.79. The highest BCUT2D eigenvalue weighted by molar-refractivity contribution is 5.95. The van der Waals surface area contributed by atoms with Crippen LogP contribution in [0.25, 0.3) is 0 Å². The number of rotatable bonds is 6. The van der Waals surface area contributed by atoms with Crippen LogP contribution < -0.4 is 10.6 Å². The zero-order valence-electron chi connectivity index (χ0n) is 13.0. The van der Waals surface area contributed by atoms with Crippen molar-refractivity contribution in [3.05, 3.63) is 24.2 Å². The third-order valence-electron chi connectivity index (χ3n) is 4.14. The summed E-state index contributed by atoms with van der Waals surface area (Å²) < 4.78 is 5.03. The minimum Gasteiger partial charge on any atom is -0.459 e. The zero-order chi connectivity index (χ0) is 16.1. The third kappa shape index (κ3) is 4.10. The Bertz CT molecular complexity index is 498. The van der Waals surface area contributed by atoms with E-state index in [1.54, 1.807) is 12.1 Å². The van der Waals surface area contributed by atoms with Crippen LogP contribution >= 0.6 is 0 Å². The van der Waals surface area contributed by atoms with Crippen LogP contribution in [0.5, 0.6) is 0 Å². The molecule has 0 saturated heterocycles. The second kappa shape index (κ2) is 7.45. The van der Waals surface area contributed by atoms with Crippen molar-refractivity contribution in [1.29, 1.82) is 0 Å². The molecule has 6 nitrogen and oxygen atoms in total. The molecule has 0 unspecified atom stereocenters. The van der Waals surface area contributed by atoms with Crippen LogP contribution in [0.2, 0.25) is 0 Å². The Morgan fingerprint density at radius 3 is 2.73 bits per heavy atom. The van der Waals surface area contributed by atoms with Crippen molar-refractivity contribution in [1.82, 2.24) is 10.6 Å². The van der Waals surface area contributed by atoms with Crippen LogP contribution in [0.4, 0.5) is 0 Å². The highest BCUT2D eigenvalue weighted by Gasteiger charge is 2.29. The molecule has 1 aliphatic carbocycles. The molecule has 0 radical (unpaired) electrons. The lowest BCUT2D eigenvalue weighted by Gasteiger charge is -2.23. The second-order valence-corrected chi connectivity index (χ2v) is 6.18. The normalized spacial score (nSPS) is 22.5. The summed E-state index contributed by atoms with van der Waals surface area (Å²) in [5, 5.41) is 15.3. The molecule has 0 spiro atoms. The summed E-state index contributed by atoms with van der Waals surface area (Å²) in [6, 6.07) is 2.55. The Labute approximate surface area is 130 Å². The van der Waals surface area contributed by atoms with E-state index in [1.807, 2.05) is 13.8 Å². The number of carbonyl (C=O) groups is 2. The number of aliphatic hydroxyl groups excluding tert-OH is 1. The maximum Gasteiger partial charge on any atom is 0.287 e. The van der Waals surface area contributed by atoms with Gasteiger partial charge in [-0.2, -0.15) is 0 Å². The van der Waals surface area contributed by atoms with E-state index in [4.69, 9.17) is 4.42 Å². The van der Waals surface area contributed by atoms with Crippen LogP contribution in [0, 0.1) is 11.8 Å². The van der Waals surface area contributed by atoms with E-state index < -0.39 is 11.9 Å². The number of amides is 2. The lowest BCUT2D eigenvalue weighted by atomic mass is 10.0. The van der Waals surface area contributed by atoms with E-state index in [2.05, 4.69) is 10.6 Å². The first-order chi connectivity index (χ1) is 10.5. The molecule has 6 heteroatoms. The van der Waals surface area contributed by atoms with Crippen molar-refractivity contribution in [2.24, 2.45) is 11.8 Å². The van der Waals surface area contributed by atoms with Crippen LogP contribution in [0.1, 0.15) is 43.7 Å². The Kier molecular flexibility index (Phi) is 5.60. The van der Waals surface area contributed by atoms with Gasteiger partial charge in [0.25, 0.3) is 5.91 Å². The van der Waals surface area contributed by atoms with Crippen molar-refractivity contribution < 1.29 is 19.1 Å². The van der Waals surface area contributed by atoms with Crippen LogP contribution in [-0.4, -0.2) is 35.6 Å². The Morgan fingerprint density at radius 2 is 2.18 bits per heavy atom. The molecular formula is C16H24N2O4. The molecule has 0 bridgehead atoms. The maximum atomic E-state index is 12.3. The van der Waals surface area contributed by atoms with Crippen LogP contribution in [-0.2, 0) is 4.79 Å². The summed E-state index contributed by atoms with van der Waals surface area (Å²) in [6.45, 7) is 4.19. The topological polar surface area (TPSA) is 91.6 Å². The fraction of sp³-hybridized carbons (Fsp3) is 0.625. The molecule has 3 N–H and O–H groups in total. The fourth-order valence-electron chi connectivity index (χ4n) is 2.75. The van der Waals surface area contributed by atoms with Gasteiger partial charge in [0.1, 0.15) is 6.04 Å². The SMILES string of the molecule is CC(C)[C@H](NC(=O)c1ccco1)C(=O)NC[C@@H]1CCC[C@H]1O. The summed E-state index contributed by atoms with van der Waals surface area (Å²) in [7, 11) is 0. The van der Waals surface area contributed by atoms with Crippen molar-refractivity contribution >= 4 is 11.8 Å². The molecule has 2 rings (SSSR count). The van der Waals surface area contributed by atoms with Gasteiger partial charge in [0.15, 0.2) is 5.76 Å². The standard InChI is InChI=1S/C16H24N2O4/c1-10(2)14(18-15(20)13-7-4-8-22-13)16(21)17-9-11-5-3-6-12(11)19/h4,7-8,10-12,14,19H,3,5-6,9H2,1-2H3,(H,17,21)(H,18,20)/t11-,12+,14-/m0/s1. The molecule has 122 valence electrons. The van der Waals surface area contributed by atoms with E-state index >= 15 is 0 Å². The first kappa shape index (κ1) is 16.5. The number of aliphatic hydroxyl groups is 1.